The van der Waals surface area contributed by atoms with Crippen molar-refractivity contribution in [2.45, 2.75) is 57.4 Å². The van der Waals surface area contributed by atoms with Gasteiger partial charge in [-0.25, -0.2) is 0 Å². The van der Waals surface area contributed by atoms with Gasteiger partial charge in [-0.05, 0) is 47.0 Å². The molecule has 1 fully saturated rings. The molecule has 0 saturated carbocycles. The molecule has 42 heavy (non-hydrogen) atoms. The second-order valence-electron chi connectivity index (χ2n) is 11.9. The van der Waals surface area contributed by atoms with Crippen molar-refractivity contribution in [3.05, 3.63) is 90.5 Å². The lowest BCUT2D eigenvalue weighted by Crippen LogP contribution is -2.67. The SMILES string of the molecule is COCC(CCO[Si](c1ccccc1)(c1ccccc1)C(C)(C)C)N1CCN(c2cccc(C(F)(F)F)c2)C(C)C1=O. The van der Waals surface area contributed by atoms with E-state index in [9.17, 15) is 18.0 Å². The standard InChI is InChI=1S/C33H41F3N2O3Si/c1-25-31(39)38(21-20-37(25)27-14-12-13-26(23-27)33(34,35)36)28(24-40-5)19-22-41-42(32(2,3)4,29-15-8-6-9-16-29)30-17-10-7-11-18-30/h6-18,23,25,28H,19-22,24H2,1-5H3. The Morgan fingerprint density at radius 1 is 0.905 bits per heavy atom. The molecule has 0 spiro atoms. The van der Waals surface area contributed by atoms with Crippen molar-refractivity contribution in [3.63, 3.8) is 0 Å². The van der Waals surface area contributed by atoms with Gasteiger partial charge in [0.25, 0.3) is 8.32 Å². The minimum absolute atomic E-state index is 0.133. The largest absolute Gasteiger partial charge is 0.416 e. The summed E-state index contributed by atoms with van der Waals surface area (Å²) in [4.78, 5) is 17.2. The summed E-state index contributed by atoms with van der Waals surface area (Å²) in [6.07, 6.45) is -3.87. The number of benzene rings is 3. The minimum atomic E-state index is -4.44. The first kappa shape index (κ1) is 31.8. The third kappa shape index (κ3) is 6.58. The summed E-state index contributed by atoms with van der Waals surface area (Å²) in [6, 6.07) is 25.1. The van der Waals surface area contributed by atoms with Gasteiger partial charge >= 0.3 is 6.18 Å². The highest BCUT2D eigenvalue weighted by Crippen LogP contribution is 2.37. The Labute approximate surface area is 248 Å². The lowest BCUT2D eigenvalue weighted by atomic mass is 10.1. The predicted octanol–water partition coefficient (Wildman–Crippen LogP) is 5.72. The molecule has 4 rings (SSSR count). The molecule has 2 unspecified atom stereocenters. The number of hydrogen-bond donors (Lipinski definition) is 0. The number of carbonyl (C=O) groups is 1. The van der Waals surface area contributed by atoms with Crippen LogP contribution in [0.3, 0.4) is 0 Å². The first-order valence-electron chi connectivity index (χ1n) is 14.4. The second kappa shape index (κ2) is 13.0. The number of rotatable bonds is 10. The van der Waals surface area contributed by atoms with Crippen molar-refractivity contribution in [1.29, 1.82) is 0 Å². The number of nitrogens with zero attached hydrogens (tertiary/aromatic N) is 2. The van der Waals surface area contributed by atoms with E-state index in [1.165, 1.54) is 16.4 Å². The van der Waals surface area contributed by atoms with Crippen LogP contribution in [-0.2, 0) is 20.1 Å². The summed E-state index contributed by atoms with van der Waals surface area (Å²) >= 11 is 0. The van der Waals surface area contributed by atoms with Gasteiger partial charge in [0.05, 0.1) is 18.2 Å². The van der Waals surface area contributed by atoms with E-state index in [2.05, 4.69) is 45.0 Å². The number of halogens is 3. The molecule has 1 aliphatic heterocycles. The van der Waals surface area contributed by atoms with Crippen molar-refractivity contribution >= 4 is 30.3 Å². The van der Waals surface area contributed by atoms with E-state index in [-0.39, 0.29) is 17.0 Å². The topological polar surface area (TPSA) is 42.0 Å². The van der Waals surface area contributed by atoms with Crippen LogP contribution in [0.2, 0.25) is 5.04 Å². The smallest absolute Gasteiger partial charge is 0.407 e. The van der Waals surface area contributed by atoms with E-state index in [1.807, 2.05) is 41.3 Å². The van der Waals surface area contributed by atoms with Gasteiger partial charge in [0.1, 0.15) is 6.04 Å². The lowest BCUT2D eigenvalue weighted by Gasteiger charge is -2.45. The molecule has 9 heteroatoms. The van der Waals surface area contributed by atoms with Crippen molar-refractivity contribution in [1.82, 2.24) is 4.90 Å². The van der Waals surface area contributed by atoms with E-state index in [1.54, 1.807) is 25.0 Å². The zero-order valence-electron chi connectivity index (χ0n) is 25.0. The highest BCUT2D eigenvalue weighted by molar-refractivity contribution is 6.99. The van der Waals surface area contributed by atoms with Gasteiger partial charge in [-0.2, -0.15) is 13.2 Å². The third-order valence-corrected chi connectivity index (χ3v) is 13.2. The summed E-state index contributed by atoms with van der Waals surface area (Å²) in [7, 11) is -1.13. The average Bonchev–Trinajstić information content (AvgIpc) is 2.96. The van der Waals surface area contributed by atoms with Crippen molar-refractivity contribution in [2.75, 3.05) is 38.3 Å². The summed E-state index contributed by atoms with van der Waals surface area (Å²) in [5, 5.41) is 2.20. The van der Waals surface area contributed by atoms with E-state index < -0.39 is 26.1 Å². The van der Waals surface area contributed by atoms with Gasteiger partial charge in [-0.15, -0.1) is 0 Å². The molecular weight excluding hydrogens is 557 g/mol. The van der Waals surface area contributed by atoms with Crippen LogP contribution in [-0.4, -0.2) is 64.6 Å². The number of carbonyl (C=O) groups excluding carboxylic acids is 1. The number of amides is 1. The molecule has 3 aromatic carbocycles. The molecule has 1 heterocycles. The van der Waals surface area contributed by atoms with Crippen molar-refractivity contribution in [3.8, 4) is 0 Å². The molecule has 5 nitrogen and oxygen atoms in total. The monoisotopic (exact) mass is 598 g/mol. The van der Waals surface area contributed by atoms with Crippen LogP contribution in [0.1, 0.15) is 39.7 Å². The fourth-order valence-electron chi connectivity index (χ4n) is 6.10. The summed E-state index contributed by atoms with van der Waals surface area (Å²) in [5.41, 5.74) is -0.330. The average molecular weight is 599 g/mol. The van der Waals surface area contributed by atoms with Crippen molar-refractivity contribution < 1.29 is 27.1 Å². The molecule has 0 N–H and O–H groups in total. The zero-order chi connectivity index (χ0) is 30.5. The minimum Gasteiger partial charge on any atom is -0.407 e. The fraction of sp³-hybridized carbons (Fsp3) is 0.424. The van der Waals surface area contributed by atoms with E-state index in [0.29, 0.717) is 38.4 Å². The van der Waals surface area contributed by atoms with Crippen LogP contribution in [0.5, 0.6) is 0 Å². The summed E-state index contributed by atoms with van der Waals surface area (Å²) in [5.74, 6) is -0.133. The molecule has 226 valence electrons. The number of piperazine rings is 1. The van der Waals surface area contributed by atoms with Gasteiger partial charge < -0.3 is 19.0 Å². The Morgan fingerprint density at radius 2 is 1.50 bits per heavy atom. The first-order chi connectivity index (χ1) is 19.9. The fourth-order valence-corrected chi connectivity index (χ4v) is 10.7. The van der Waals surface area contributed by atoms with Gasteiger partial charge in [-0.1, -0.05) is 87.5 Å². The van der Waals surface area contributed by atoms with E-state index in [4.69, 9.17) is 9.16 Å². The number of alkyl halides is 3. The van der Waals surface area contributed by atoms with E-state index in [0.717, 1.165) is 12.1 Å². The Kier molecular flexibility index (Phi) is 9.85. The third-order valence-electron chi connectivity index (χ3n) is 8.18. The van der Waals surface area contributed by atoms with Crippen LogP contribution in [0, 0.1) is 0 Å². The maximum Gasteiger partial charge on any atom is 0.416 e. The van der Waals surface area contributed by atoms with Gasteiger partial charge in [0.15, 0.2) is 0 Å². The molecule has 3 aromatic rings. The molecule has 0 aromatic heterocycles. The number of methoxy groups -OCH3 is 1. The molecule has 0 aliphatic carbocycles. The van der Waals surface area contributed by atoms with Gasteiger partial charge in [-0.3, -0.25) is 4.79 Å². The van der Waals surface area contributed by atoms with Crippen LogP contribution >= 0.6 is 0 Å². The zero-order valence-corrected chi connectivity index (χ0v) is 26.0. The van der Waals surface area contributed by atoms with Crippen LogP contribution in [0.4, 0.5) is 18.9 Å². The Hall–Kier alpha value is -3.14. The summed E-state index contributed by atoms with van der Waals surface area (Å²) < 4.78 is 52.6. The maximum absolute atomic E-state index is 13.6. The quantitative estimate of drug-likeness (QED) is 0.280. The van der Waals surface area contributed by atoms with Crippen molar-refractivity contribution in [2.24, 2.45) is 0 Å². The molecule has 2 atom stereocenters. The normalized spacial score (nSPS) is 17.4. The number of ether oxygens (including phenoxy) is 1. The number of hydrogen-bond acceptors (Lipinski definition) is 4. The Balaban J connectivity index is 1.55. The Bertz CT molecular complexity index is 1280. The van der Waals surface area contributed by atoms with Gasteiger partial charge in [0, 0.05) is 32.5 Å². The van der Waals surface area contributed by atoms with Crippen LogP contribution < -0.4 is 15.3 Å². The summed E-state index contributed by atoms with van der Waals surface area (Å²) in [6.45, 7) is 10.00. The van der Waals surface area contributed by atoms with Gasteiger partial charge in [0.2, 0.25) is 5.91 Å². The Morgan fingerprint density at radius 3 is 2.02 bits per heavy atom. The molecule has 1 aliphatic rings. The first-order valence-corrected chi connectivity index (χ1v) is 16.3. The molecule has 1 amide bonds. The highest BCUT2D eigenvalue weighted by atomic mass is 28.4. The maximum atomic E-state index is 13.6. The van der Waals surface area contributed by atoms with E-state index >= 15 is 0 Å². The molecular formula is C33H41F3N2O3Si. The van der Waals surface area contributed by atoms with Crippen LogP contribution in [0.25, 0.3) is 0 Å². The molecule has 0 bridgehead atoms. The second-order valence-corrected chi connectivity index (χ2v) is 16.2. The van der Waals surface area contributed by atoms with Crippen LogP contribution in [0.15, 0.2) is 84.9 Å². The molecule has 0 radical (unpaired) electrons. The highest BCUT2D eigenvalue weighted by Gasteiger charge is 2.50. The predicted molar refractivity (Wildman–Crippen MR) is 164 cm³/mol. The number of anilines is 1. The lowest BCUT2D eigenvalue weighted by molar-refractivity contribution is -0.138. The molecule has 1 saturated heterocycles.